The summed E-state index contributed by atoms with van der Waals surface area (Å²) in [6, 6.07) is 2.01. The van der Waals surface area contributed by atoms with Crippen LogP contribution in [-0.2, 0) is 0 Å². The first kappa shape index (κ1) is 14.7. The van der Waals surface area contributed by atoms with Crippen molar-refractivity contribution in [3.8, 4) is 0 Å². The Balaban J connectivity index is 2.14. The van der Waals surface area contributed by atoms with Gasteiger partial charge < -0.3 is 15.2 Å². The first-order valence-electron chi connectivity index (χ1n) is 6.54. The summed E-state index contributed by atoms with van der Waals surface area (Å²) in [5.41, 5.74) is 1.51. The molecule has 7 heteroatoms. The fourth-order valence-corrected chi connectivity index (χ4v) is 2.28. The number of nitrogen functional groups attached to an aromatic ring is 1. The fourth-order valence-electron chi connectivity index (χ4n) is 2.28. The molecular formula is C13H18F2N4O. The van der Waals surface area contributed by atoms with E-state index in [1.54, 1.807) is 4.90 Å². The highest BCUT2D eigenvalue weighted by molar-refractivity contribution is 5.94. The van der Waals surface area contributed by atoms with Crippen LogP contribution in [0.1, 0.15) is 17.3 Å². The van der Waals surface area contributed by atoms with E-state index in [-0.39, 0.29) is 11.5 Å². The Morgan fingerprint density at radius 3 is 2.25 bits per heavy atom. The number of nitrogens with two attached hydrogens (primary N) is 1. The van der Waals surface area contributed by atoms with Crippen molar-refractivity contribution in [2.24, 2.45) is 5.84 Å². The zero-order valence-corrected chi connectivity index (χ0v) is 11.3. The standard InChI is InChI=1S/C13H18F2N4O/c1-2-18-3-5-19(6-4-18)13(20)9-7-10(14)12(17-16)11(15)8-9/h7-8,17H,2-6,16H2,1H3. The van der Waals surface area contributed by atoms with Crippen molar-refractivity contribution in [1.29, 1.82) is 0 Å². The number of hydrogen-bond acceptors (Lipinski definition) is 4. The molecule has 0 aromatic heterocycles. The molecule has 1 fully saturated rings. The average Bonchev–Trinajstić information content (AvgIpc) is 2.46. The van der Waals surface area contributed by atoms with Crippen LogP contribution in [0.3, 0.4) is 0 Å². The van der Waals surface area contributed by atoms with Crippen molar-refractivity contribution in [3.05, 3.63) is 29.3 Å². The molecular weight excluding hydrogens is 266 g/mol. The predicted octanol–water partition coefficient (Wildman–Crippen LogP) is 1.03. The smallest absolute Gasteiger partial charge is 0.254 e. The SMILES string of the molecule is CCN1CCN(C(=O)c2cc(F)c(NN)c(F)c2)CC1. The number of anilines is 1. The summed E-state index contributed by atoms with van der Waals surface area (Å²) in [7, 11) is 0. The van der Waals surface area contributed by atoms with Crippen molar-refractivity contribution in [1.82, 2.24) is 9.80 Å². The maximum Gasteiger partial charge on any atom is 0.254 e. The third kappa shape index (κ3) is 2.88. The summed E-state index contributed by atoms with van der Waals surface area (Å²) in [6.07, 6.45) is 0. The number of hydrogen-bond donors (Lipinski definition) is 2. The van der Waals surface area contributed by atoms with Crippen LogP contribution in [0.25, 0.3) is 0 Å². The van der Waals surface area contributed by atoms with Crippen LogP contribution in [0.5, 0.6) is 0 Å². The highest BCUT2D eigenvalue weighted by Crippen LogP contribution is 2.21. The summed E-state index contributed by atoms with van der Waals surface area (Å²) in [5, 5.41) is 0. The minimum absolute atomic E-state index is 0.00366. The largest absolute Gasteiger partial charge is 0.336 e. The molecule has 3 N–H and O–H groups in total. The van der Waals surface area contributed by atoms with Gasteiger partial charge in [-0.2, -0.15) is 0 Å². The monoisotopic (exact) mass is 284 g/mol. The van der Waals surface area contributed by atoms with Crippen LogP contribution in [0.15, 0.2) is 12.1 Å². The first-order valence-corrected chi connectivity index (χ1v) is 6.54. The molecule has 1 aromatic rings. The van der Waals surface area contributed by atoms with Gasteiger partial charge in [-0.1, -0.05) is 6.92 Å². The lowest BCUT2D eigenvalue weighted by molar-refractivity contribution is 0.0642. The summed E-state index contributed by atoms with van der Waals surface area (Å²) in [6.45, 7) is 5.66. The molecule has 5 nitrogen and oxygen atoms in total. The zero-order chi connectivity index (χ0) is 14.7. The number of rotatable bonds is 3. The van der Waals surface area contributed by atoms with Gasteiger partial charge in [0.05, 0.1) is 0 Å². The van der Waals surface area contributed by atoms with Crippen molar-refractivity contribution < 1.29 is 13.6 Å². The number of piperazine rings is 1. The number of likely N-dealkylation sites (N-methyl/N-ethyl adjacent to an activating group) is 1. The third-order valence-corrected chi connectivity index (χ3v) is 3.54. The molecule has 2 rings (SSSR count). The van der Waals surface area contributed by atoms with Crippen LogP contribution in [-0.4, -0.2) is 48.4 Å². The topological polar surface area (TPSA) is 61.6 Å². The van der Waals surface area contributed by atoms with Crippen LogP contribution < -0.4 is 11.3 Å². The minimum atomic E-state index is -0.872. The number of carbonyl (C=O) groups is 1. The number of hydrazine groups is 1. The maximum atomic E-state index is 13.6. The van der Waals surface area contributed by atoms with E-state index >= 15 is 0 Å². The Labute approximate surface area is 116 Å². The second kappa shape index (κ2) is 6.15. The normalized spacial score (nSPS) is 16.3. The summed E-state index contributed by atoms with van der Waals surface area (Å²) >= 11 is 0. The van der Waals surface area contributed by atoms with Crippen LogP contribution in [0.2, 0.25) is 0 Å². The Kier molecular flexibility index (Phi) is 4.51. The third-order valence-electron chi connectivity index (χ3n) is 3.54. The van der Waals surface area contributed by atoms with E-state index in [2.05, 4.69) is 11.8 Å². The van der Waals surface area contributed by atoms with E-state index in [1.807, 2.05) is 5.43 Å². The van der Waals surface area contributed by atoms with Crippen LogP contribution >= 0.6 is 0 Å². The van der Waals surface area contributed by atoms with Gasteiger partial charge in [-0.05, 0) is 18.7 Å². The molecule has 110 valence electrons. The highest BCUT2D eigenvalue weighted by Gasteiger charge is 2.23. The molecule has 0 radical (unpaired) electrons. The second-order valence-corrected chi connectivity index (χ2v) is 4.69. The Bertz CT molecular complexity index is 478. The molecule has 0 bridgehead atoms. The van der Waals surface area contributed by atoms with Gasteiger partial charge in [-0.3, -0.25) is 10.6 Å². The van der Waals surface area contributed by atoms with Crippen molar-refractivity contribution in [2.45, 2.75) is 6.92 Å². The van der Waals surface area contributed by atoms with E-state index in [9.17, 15) is 13.6 Å². The van der Waals surface area contributed by atoms with Crippen LogP contribution in [0.4, 0.5) is 14.5 Å². The Morgan fingerprint density at radius 1 is 1.25 bits per heavy atom. The summed E-state index contributed by atoms with van der Waals surface area (Å²) in [5.74, 6) is 2.92. The molecule has 1 aliphatic heterocycles. The molecule has 0 spiro atoms. The van der Waals surface area contributed by atoms with Gasteiger partial charge in [0.1, 0.15) is 5.69 Å². The van der Waals surface area contributed by atoms with E-state index in [4.69, 9.17) is 5.84 Å². The molecule has 0 atom stereocenters. The molecule has 0 unspecified atom stereocenters. The quantitative estimate of drug-likeness (QED) is 0.643. The lowest BCUT2D eigenvalue weighted by Gasteiger charge is -2.34. The molecule has 0 saturated carbocycles. The van der Waals surface area contributed by atoms with E-state index < -0.39 is 17.3 Å². The van der Waals surface area contributed by atoms with Gasteiger partial charge in [0.15, 0.2) is 11.6 Å². The number of amides is 1. The molecule has 1 aromatic carbocycles. The molecule has 1 heterocycles. The number of halogens is 2. The Hall–Kier alpha value is -1.73. The van der Waals surface area contributed by atoms with Crippen molar-refractivity contribution in [2.75, 3.05) is 38.1 Å². The maximum absolute atomic E-state index is 13.6. The fraction of sp³-hybridized carbons (Fsp3) is 0.462. The molecule has 0 aliphatic carbocycles. The number of nitrogens with one attached hydrogen (secondary N) is 1. The Morgan fingerprint density at radius 2 is 1.80 bits per heavy atom. The van der Waals surface area contributed by atoms with Gasteiger partial charge in [-0.25, -0.2) is 8.78 Å². The van der Waals surface area contributed by atoms with Crippen LogP contribution in [0, 0.1) is 11.6 Å². The van der Waals surface area contributed by atoms with E-state index in [1.165, 1.54) is 0 Å². The van der Waals surface area contributed by atoms with Gasteiger partial charge in [0.25, 0.3) is 5.91 Å². The lowest BCUT2D eigenvalue weighted by Crippen LogP contribution is -2.48. The zero-order valence-electron chi connectivity index (χ0n) is 11.3. The van der Waals surface area contributed by atoms with Gasteiger partial charge in [0.2, 0.25) is 0 Å². The summed E-state index contributed by atoms with van der Waals surface area (Å²) < 4.78 is 27.2. The minimum Gasteiger partial charge on any atom is -0.336 e. The van der Waals surface area contributed by atoms with Gasteiger partial charge >= 0.3 is 0 Å². The number of nitrogens with zero attached hydrogens (tertiary/aromatic N) is 2. The molecule has 1 saturated heterocycles. The van der Waals surface area contributed by atoms with Gasteiger partial charge in [-0.15, -0.1) is 0 Å². The predicted molar refractivity (Wildman–Crippen MR) is 72.2 cm³/mol. The van der Waals surface area contributed by atoms with E-state index in [0.29, 0.717) is 13.1 Å². The lowest BCUT2D eigenvalue weighted by atomic mass is 10.1. The first-order chi connectivity index (χ1) is 9.56. The highest BCUT2D eigenvalue weighted by atomic mass is 19.1. The summed E-state index contributed by atoms with van der Waals surface area (Å²) in [4.78, 5) is 16.0. The van der Waals surface area contributed by atoms with Gasteiger partial charge in [0, 0.05) is 31.7 Å². The van der Waals surface area contributed by atoms with E-state index in [0.717, 1.165) is 31.8 Å². The number of benzene rings is 1. The second-order valence-electron chi connectivity index (χ2n) is 4.69. The van der Waals surface area contributed by atoms with Crippen molar-refractivity contribution in [3.63, 3.8) is 0 Å². The molecule has 1 aliphatic rings. The molecule has 1 amide bonds. The average molecular weight is 284 g/mol. The number of carbonyl (C=O) groups excluding carboxylic acids is 1. The van der Waals surface area contributed by atoms with Crippen molar-refractivity contribution >= 4 is 11.6 Å². The molecule has 20 heavy (non-hydrogen) atoms.